The molecule has 0 radical (unpaired) electrons. The normalized spacial score (nSPS) is 11.5. The molecule has 0 aliphatic carbocycles. The van der Waals surface area contributed by atoms with Crippen LogP contribution >= 0.6 is 15.9 Å². The molecule has 0 saturated heterocycles. The highest BCUT2D eigenvalue weighted by Gasteiger charge is 2.17. The number of ether oxygens (including phenoxy) is 1. The highest BCUT2D eigenvalue weighted by Crippen LogP contribution is 2.32. The average molecular weight is 348 g/mol. The number of hydrogen-bond donors (Lipinski definition) is 0. The Morgan fingerprint density at radius 1 is 1.47 bits per heavy atom. The van der Waals surface area contributed by atoms with Gasteiger partial charge < -0.3 is 9.26 Å². The van der Waals surface area contributed by atoms with Gasteiger partial charge in [0.1, 0.15) is 5.75 Å². The van der Waals surface area contributed by atoms with E-state index in [1.54, 1.807) is 6.07 Å². The summed E-state index contributed by atoms with van der Waals surface area (Å²) in [7, 11) is -1.73. The lowest BCUT2D eigenvalue weighted by atomic mass is 10.2. The summed E-state index contributed by atoms with van der Waals surface area (Å²) in [5.74, 6) is 0.401. The fraction of sp³-hybridized carbons (Fsp3) is 0.300. The minimum absolute atomic E-state index is 0.0418. The van der Waals surface area contributed by atoms with Crippen LogP contribution in [0, 0.1) is 0 Å². The van der Waals surface area contributed by atoms with Crippen LogP contribution in [-0.2, 0) is 15.6 Å². The molecule has 2 aromatic rings. The number of nitrogens with zero attached hydrogens (tertiary/aromatic N) is 3. The van der Waals surface area contributed by atoms with Crippen LogP contribution in [0.4, 0.5) is 0 Å². The van der Waals surface area contributed by atoms with Crippen LogP contribution < -0.4 is 4.74 Å². The number of pyridine rings is 1. The van der Waals surface area contributed by atoms with Crippen molar-refractivity contribution in [2.45, 2.75) is 5.75 Å². The molecule has 0 saturated carbocycles. The van der Waals surface area contributed by atoms with E-state index in [2.05, 4.69) is 31.1 Å². The molecule has 102 valence electrons. The van der Waals surface area contributed by atoms with E-state index < -0.39 is 9.84 Å². The second-order valence-electron chi connectivity index (χ2n) is 3.76. The minimum Gasteiger partial charge on any atom is -0.480 e. The lowest BCUT2D eigenvalue weighted by Crippen LogP contribution is -2.00. The maximum Gasteiger partial charge on any atom is 0.242 e. The summed E-state index contributed by atoms with van der Waals surface area (Å²) in [5, 5.41) is 3.74. The van der Waals surface area contributed by atoms with Crippen molar-refractivity contribution in [1.29, 1.82) is 0 Å². The Morgan fingerprint density at radius 3 is 2.84 bits per heavy atom. The molecule has 0 aromatic carbocycles. The Morgan fingerprint density at radius 2 is 2.21 bits per heavy atom. The first-order chi connectivity index (χ1) is 8.90. The predicted molar refractivity (Wildman–Crippen MR) is 70.3 cm³/mol. The Bertz CT molecular complexity index is 699. The number of aromatic nitrogens is 3. The third-order valence-corrected chi connectivity index (χ3v) is 3.68. The molecular formula is C10H10BrN3O4S. The molecule has 0 unspecified atom stereocenters. The molecule has 0 bridgehead atoms. The SMILES string of the molecule is COc1nccc(-c2noc(CS(C)(=O)=O)n2)c1Br. The van der Waals surface area contributed by atoms with E-state index >= 15 is 0 Å². The third kappa shape index (κ3) is 3.29. The van der Waals surface area contributed by atoms with E-state index in [0.29, 0.717) is 15.9 Å². The molecule has 19 heavy (non-hydrogen) atoms. The van der Waals surface area contributed by atoms with Crippen LogP contribution in [0.25, 0.3) is 11.4 Å². The van der Waals surface area contributed by atoms with Gasteiger partial charge in [-0.1, -0.05) is 5.16 Å². The molecule has 2 rings (SSSR count). The van der Waals surface area contributed by atoms with Gasteiger partial charge in [0.2, 0.25) is 17.6 Å². The third-order valence-electron chi connectivity index (χ3n) is 2.15. The Hall–Kier alpha value is -1.48. The standard InChI is InChI=1S/C10H10BrN3O4S/c1-17-10-8(11)6(3-4-12-10)9-13-7(18-14-9)5-19(2,15)16/h3-4H,5H2,1-2H3. The van der Waals surface area contributed by atoms with E-state index in [4.69, 9.17) is 9.26 Å². The summed E-state index contributed by atoms with van der Waals surface area (Å²) < 4.78 is 32.8. The van der Waals surface area contributed by atoms with Crippen LogP contribution in [0.15, 0.2) is 21.3 Å². The maximum absolute atomic E-state index is 11.1. The van der Waals surface area contributed by atoms with E-state index in [9.17, 15) is 8.42 Å². The first-order valence-corrected chi connectivity index (χ1v) is 7.95. The molecular weight excluding hydrogens is 338 g/mol. The molecule has 7 nitrogen and oxygen atoms in total. The summed E-state index contributed by atoms with van der Waals surface area (Å²) in [6.45, 7) is 0. The van der Waals surface area contributed by atoms with Crippen LogP contribution in [-0.4, -0.2) is 36.9 Å². The zero-order valence-corrected chi connectivity index (χ0v) is 12.5. The van der Waals surface area contributed by atoms with Crippen molar-refractivity contribution in [2.75, 3.05) is 13.4 Å². The molecule has 0 amide bonds. The van der Waals surface area contributed by atoms with Crippen LogP contribution in [0.3, 0.4) is 0 Å². The Labute approximate surface area is 118 Å². The molecule has 0 fully saturated rings. The number of hydrogen-bond acceptors (Lipinski definition) is 7. The molecule has 0 N–H and O–H groups in total. The van der Waals surface area contributed by atoms with Gasteiger partial charge in [0, 0.05) is 18.0 Å². The fourth-order valence-electron chi connectivity index (χ4n) is 1.39. The van der Waals surface area contributed by atoms with Crippen LogP contribution in [0.2, 0.25) is 0 Å². The van der Waals surface area contributed by atoms with Gasteiger partial charge >= 0.3 is 0 Å². The van der Waals surface area contributed by atoms with Gasteiger partial charge in [-0.15, -0.1) is 0 Å². The van der Waals surface area contributed by atoms with E-state index in [1.807, 2.05) is 0 Å². The van der Waals surface area contributed by atoms with Gasteiger partial charge in [-0.2, -0.15) is 4.98 Å². The summed E-state index contributed by atoms with van der Waals surface area (Å²) in [4.78, 5) is 8.03. The molecule has 0 aliphatic heterocycles. The summed E-state index contributed by atoms with van der Waals surface area (Å²) in [6.07, 6.45) is 2.63. The van der Waals surface area contributed by atoms with Gasteiger partial charge in [-0.25, -0.2) is 13.4 Å². The smallest absolute Gasteiger partial charge is 0.242 e. The van der Waals surface area contributed by atoms with Crippen LogP contribution in [0.1, 0.15) is 5.89 Å². The van der Waals surface area contributed by atoms with Crippen molar-refractivity contribution in [1.82, 2.24) is 15.1 Å². The second-order valence-corrected chi connectivity index (χ2v) is 6.70. The van der Waals surface area contributed by atoms with Gasteiger partial charge in [0.25, 0.3) is 0 Å². The van der Waals surface area contributed by atoms with Crippen molar-refractivity contribution >= 4 is 25.8 Å². The molecule has 9 heteroatoms. The molecule has 0 atom stereocenters. The van der Waals surface area contributed by atoms with Crippen molar-refractivity contribution < 1.29 is 17.7 Å². The highest BCUT2D eigenvalue weighted by molar-refractivity contribution is 9.10. The van der Waals surface area contributed by atoms with E-state index in [-0.39, 0.29) is 17.5 Å². The van der Waals surface area contributed by atoms with Gasteiger partial charge in [0.05, 0.1) is 11.6 Å². The van der Waals surface area contributed by atoms with Crippen molar-refractivity contribution in [2.24, 2.45) is 0 Å². The van der Waals surface area contributed by atoms with Gasteiger partial charge in [0.15, 0.2) is 9.84 Å². The highest BCUT2D eigenvalue weighted by atomic mass is 79.9. The van der Waals surface area contributed by atoms with Crippen molar-refractivity contribution in [3.63, 3.8) is 0 Å². The summed E-state index contributed by atoms with van der Waals surface area (Å²) in [5.41, 5.74) is 0.607. The Balaban J connectivity index is 2.38. The molecule has 2 aromatic heterocycles. The number of rotatable bonds is 4. The molecule has 2 heterocycles. The molecule has 0 aliphatic rings. The zero-order valence-electron chi connectivity index (χ0n) is 10.1. The summed E-state index contributed by atoms with van der Waals surface area (Å²) in [6, 6.07) is 1.67. The minimum atomic E-state index is -3.21. The first-order valence-electron chi connectivity index (χ1n) is 5.10. The largest absolute Gasteiger partial charge is 0.480 e. The van der Waals surface area contributed by atoms with Crippen molar-refractivity contribution in [3.05, 3.63) is 22.6 Å². The lowest BCUT2D eigenvalue weighted by Gasteiger charge is -2.03. The number of methoxy groups -OCH3 is 1. The monoisotopic (exact) mass is 347 g/mol. The predicted octanol–water partition coefficient (Wildman–Crippen LogP) is 1.45. The van der Waals surface area contributed by atoms with E-state index in [0.717, 1.165) is 6.26 Å². The van der Waals surface area contributed by atoms with Crippen molar-refractivity contribution in [3.8, 4) is 17.3 Å². The topological polar surface area (TPSA) is 95.2 Å². The fourth-order valence-corrected chi connectivity index (χ4v) is 2.53. The second kappa shape index (κ2) is 5.25. The molecule has 0 spiro atoms. The quantitative estimate of drug-likeness (QED) is 0.825. The zero-order chi connectivity index (χ0) is 14.0. The van der Waals surface area contributed by atoms with Gasteiger partial charge in [-0.05, 0) is 22.0 Å². The average Bonchev–Trinajstić information content (AvgIpc) is 2.75. The lowest BCUT2D eigenvalue weighted by molar-refractivity contribution is 0.388. The first kappa shape index (κ1) is 13.9. The maximum atomic E-state index is 11.1. The van der Waals surface area contributed by atoms with Gasteiger partial charge in [-0.3, -0.25) is 0 Å². The number of halogens is 1. The van der Waals surface area contributed by atoms with E-state index in [1.165, 1.54) is 13.3 Å². The number of sulfone groups is 1. The Kier molecular flexibility index (Phi) is 3.85. The summed E-state index contributed by atoms with van der Waals surface area (Å²) >= 11 is 3.32. The van der Waals surface area contributed by atoms with Crippen LogP contribution in [0.5, 0.6) is 5.88 Å².